The smallest absolute Gasteiger partial charge is 0.338 e. The molecule has 4 heteroatoms. The van der Waals surface area contributed by atoms with Crippen LogP contribution in [0.25, 0.3) is 0 Å². The second-order valence-corrected chi connectivity index (χ2v) is 4.51. The van der Waals surface area contributed by atoms with Gasteiger partial charge < -0.3 is 15.2 Å². The summed E-state index contributed by atoms with van der Waals surface area (Å²) in [6.45, 7) is 8.05. The molecule has 16 heavy (non-hydrogen) atoms. The number of nitrogens with one attached hydrogen (secondary N) is 1. The number of rotatable bonds is 7. The van der Waals surface area contributed by atoms with Gasteiger partial charge in [-0.25, -0.2) is 4.79 Å². The molecule has 0 saturated heterocycles. The van der Waals surface area contributed by atoms with Crippen LogP contribution in [0.3, 0.4) is 0 Å². The van der Waals surface area contributed by atoms with E-state index in [1.165, 1.54) is 14.0 Å². The fourth-order valence-electron chi connectivity index (χ4n) is 1.81. The molecule has 0 aliphatic heterocycles. The van der Waals surface area contributed by atoms with Crippen molar-refractivity contribution in [3.8, 4) is 0 Å². The van der Waals surface area contributed by atoms with Crippen molar-refractivity contribution in [2.45, 2.75) is 52.2 Å². The second kappa shape index (κ2) is 6.86. The molecule has 0 rings (SSSR count). The third-order valence-corrected chi connectivity index (χ3v) is 3.15. The third kappa shape index (κ3) is 4.49. The summed E-state index contributed by atoms with van der Waals surface area (Å²) in [4.78, 5) is 11.2. The lowest BCUT2D eigenvalue weighted by Gasteiger charge is -2.27. The van der Waals surface area contributed by atoms with Crippen LogP contribution in [0.15, 0.2) is 0 Å². The molecular formula is C12H25NO3. The highest BCUT2D eigenvalue weighted by Crippen LogP contribution is 2.13. The summed E-state index contributed by atoms with van der Waals surface area (Å²) in [6, 6.07) is 0.283. The maximum absolute atomic E-state index is 11.2. The fourth-order valence-corrected chi connectivity index (χ4v) is 1.81. The topological polar surface area (TPSA) is 58.6 Å². The average molecular weight is 231 g/mol. The van der Waals surface area contributed by atoms with Gasteiger partial charge in [-0.15, -0.1) is 0 Å². The molecule has 0 aromatic heterocycles. The number of aliphatic hydroxyl groups is 1. The first-order valence-corrected chi connectivity index (χ1v) is 5.93. The largest absolute Gasteiger partial charge is 0.467 e. The summed E-state index contributed by atoms with van der Waals surface area (Å²) in [5, 5.41) is 13.0. The van der Waals surface area contributed by atoms with Crippen LogP contribution >= 0.6 is 0 Å². The number of carbonyl (C=O) groups excluding carboxylic acids is 1. The Hall–Kier alpha value is -0.610. The SMILES string of the molecule is CCC(CC)C(C)NCC(C)(O)C(=O)OC. The Bertz CT molecular complexity index is 212. The van der Waals surface area contributed by atoms with E-state index in [9.17, 15) is 9.90 Å². The lowest BCUT2D eigenvalue weighted by molar-refractivity contribution is -0.160. The van der Waals surface area contributed by atoms with Crippen molar-refractivity contribution in [2.75, 3.05) is 13.7 Å². The Kier molecular flexibility index (Phi) is 6.60. The maximum Gasteiger partial charge on any atom is 0.338 e. The van der Waals surface area contributed by atoms with Gasteiger partial charge in [-0.2, -0.15) is 0 Å². The summed E-state index contributed by atoms with van der Waals surface area (Å²) < 4.78 is 4.53. The van der Waals surface area contributed by atoms with Crippen LogP contribution in [0.1, 0.15) is 40.5 Å². The highest BCUT2D eigenvalue weighted by atomic mass is 16.5. The number of carbonyl (C=O) groups is 1. The summed E-state index contributed by atoms with van der Waals surface area (Å²) in [6.07, 6.45) is 2.18. The molecular weight excluding hydrogens is 206 g/mol. The van der Waals surface area contributed by atoms with E-state index in [0.29, 0.717) is 5.92 Å². The highest BCUT2D eigenvalue weighted by molar-refractivity contribution is 5.78. The number of hydrogen-bond donors (Lipinski definition) is 2. The van der Waals surface area contributed by atoms with E-state index in [0.717, 1.165) is 12.8 Å². The fraction of sp³-hybridized carbons (Fsp3) is 0.917. The average Bonchev–Trinajstić information content (AvgIpc) is 2.27. The zero-order chi connectivity index (χ0) is 12.8. The Morgan fingerprint density at radius 1 is 1.44 bits per heavy atom. The molecule has 4 nitrogen and oxygen atoms in total. The summed E-state index contributed by atoms with van der Waals surface area (Å²) in [7, 11) is 1.28. The van der Waals surface area contributed by atoms with Crippen LogP contribution < -0.4 is 5.32 Å². The van der Waals surface area contributed by atoms with Gasteiger partial charge in [-0.05, 0) is 19.8 Å². The number of esters is 1. The van der Waals surface area contributed by atoms with Crippen molar-refractivity contribution in [1.82, 2.24) is 5.32 Å². The molecule has 0 fully saturated rings. The van der Waals surface area contributed by atoms with Gasteiger partial charge in [0.1, 0.15) is 0 Å². The standard InChI is InChI=1S/C12H25NO3/c1-6-10(7-2)9(3)13-8-12(4,15)11(14)16-5/h9-10,13,15H,6-8H2,1-5H3. The molecule has 0 aliphatic rings. The van der Waals surface area contributed by atoms with Crippen molar-refractivity contribution in [2.24, 2.45) is 5.92 Å². The molecule has 0 heterocycles. The molecule has 0 bridgehead atoms. The van der Waals surface area contributed by atoms with Gasteiger partial charge in [0.15, 0.2) is 5.60 Å². The van der Waals surface area contributed by atoms with Crippen molar-refractivity contribution in [3.63, 3.8) is 0 Å². The predicted molar refractivity (Wildman–Crippen MR) is 64.2 cm³/mol. The van der Waals surface area contributed by atoms with Gasteiger partial charge in [-0.1, -0.05) is 26.7 Å². The zero-order valence-corrected chi connectivity index (χ0v) is 11.0. The second-order valence-electron chi connectivity index (χ2n) is 4.51. The van der Waals surface area contributed by atoms with E-state index < -0.39 is 11.6 Å². The molecule has 0 radical (unpaired) electrons. The van der Waals surface area contributed by atoms with Gasteiger partial charge in [-0.3, -0.25) is 0 Å². The van der Waals surface area contributed by atoms with Crippen LogP contribution in [-0.2, 0) is 9.53 Å². The van der Waals surface area contributed by atoms with Gasteiger partial charge in [0, 0.05) is 12.6 Å². The summed E-state index contributed by atoms with van der Waals surface area (Å²) >= 11 is 0. The minimum atomic E-state index is -1.45. The van der Waals surface area contributed by atoms with E-state index in [1.807, 2.05) is 0 Å². The van der Waals surface area contributed by atoms with Crippen LogP contribution in [-0.4, -0.2) is 36.4 Å². The van der Waals surface area contributed by atoms with Gasteiger partial charge in [0.25, 0.3) is 0 Å². The van der Waals surface area contributed by atoms with E-state index in [1.54, 1.807) is 0 Å². The van der Waals surface area contributed by atoms with Crippen LogP contribution in [0.4, 0.5) is 0 Å². The zero-order valence-electron chi connectivity index (χ0n) is 11.0. The lowest BCUT2D eigenvalue weighted by Crippen LogP contribution is -2.49. The van der Waals surface area contributed by atoms with E-state index >= 15 is 0 Å². The Balaban J connectivity index is 4.18. The van der Waals surface area contributed by atoms with E-state index in [4.69, 9.17) is 0 Å². The molecule has 2 atom stereocenters. The molecule has 2 N–H and O–H groups in total. The normalized spacial score (nSPS) is 16.9. The molecule has 0 saturated carbocycles. The summed E-state index contributed by atoms with van der Waals surface area (Å²) in [5.41, 5.74) is -1.45. The van der Waals surface area contributed by atoms with Crippen molar-refractivity contribution < 1.29 is 14.6 Å². The van der Waals surface area contributed by atoms with Gasteiger partial charge in [0.2, 0.25) is 0 Å². The minimum absolute atomic E-state index is 0.220. The number of hydrogen-bond acceptors (Lipinski definition) is 4. The van der Waals surface area contributed by atoms with E-state index in [2.05, 4.69) is 30.8 Å². The molecule has 96 valence electrons. The minimum Gasteiger partial charge on any atom is -0.467 e. The first kappa shape index (κ1) is 15.4. The highest BCUT2D eigenvalue weighted by Gasteiger charge is 2.31. The molecule has 0 spiro atoms. The number of ether oxygens (including phenoxy) is 1. The van der Waals surface area contributed by atoms with Crippen LogP contribution in [0.5, 0.6) is 0 Å². The first-order chi connectivity index (χ1) is 7.38. The molecule has 0 aliphatic carbocycles. The lowest BCUT2D eigenvalue weighted by atomic mass is 9.95. The van der Waals surface area contributed by atoms with E-state index in [-0.39, 0.29) is 12.6 Å². The van der Waals surface area contributed by atoms with Crippen molar-refractivity contribution in [1.29, 1.82) is 0 Å². The molecule has 0 amide bonds. The van der Waals surface area contributed by atoms with Gasteiger partial charge in [0.05, 0.1) is 7.11 Å². The van der Waals surface area contributed by atoms with Crippen molar-refractivity contribution >= 4 is 5.97 Å². The van der Waals surface area contributed by atoms with Crippen LogP contribution in [0, 0.1) is 5.92 Å². The molecule has 0 aromatic rings. The molecule has 0 aromatic carbocycles. The van der Waals surface area contributed by atoms with Crippen molar-refractivity contribution in [3.05, 3.63) is 0 Å². The number of methoxy groups -OCH3 is 1. The Morgan fingerprint density at radius 2 is 1.94 bits per heavy atom. The van der Waals surface area contributed by atoms with Crippen LogP contribution in [0.2, 0.25) is 0 Å². The first-order valence-electron chi connectivity index (χ1n) is 5.93. The predicted octanol–water partition coefficient (Wildman–Crippen LogP) is 1.32. The quantitative estimate of drug-likeness (QED) is 0.649. The van der Waals surface area contributed by atoms with Gasteiger partial charge >= 0.3 is 5.97 Å². The third-order valence-electron chi connectivity index (χ3n) is 3.15. The Morgan fingerprint density at radius 3 is 2.31 bits per heavy atom. The molecule has 2 unspecified atom stereocenters. The summed E-state index contributed by atoms with van der Waals surface area (Å²) in [5.74, 6) is -0.0369. The maximum atomic E-state index is 11.2. The monoisotopic (exact) mass is 231 g/mol. The Labute approximate surface area is 98.4 Å².